The SMILES string of the molecule is CC(C)(C)NC(=O)c1ccc2c(c1)[C@@H]1[C@@H]3CC[C@@H](C3)[C@@H]1[C@@H](c1ccccc1)N2. The Morgan fingerprint density at radius 1 is 1.04 bits per heavy atom. The van der Waals surface area contributed by atoms with Crippen molar-refractivity contribution in [3.8, 4) is 0 Å². The molecule has 3 aliphatic rings. The van der Waals surface area contributed by atoms with E-state index in [1.165, 1.54) is 36.1 Å². The fraction of sp³-hybridized carbons (Fsp3) is 0.480. The van der Waals surface area contributed by atoms with Crippen molar-refractivity contribution in [1.29, 1.82) is 0 Å². The molecule has 3 nitrogen and oxygen atoms in total. The average molecular weight is 375 g/mol. The van der Waals surface area contributed by atoms with Gasteiger partial charge < -0.3 is 10.6 Å². The van der Waals surface area contributed by atoms with Gasteiger partial charge in [-0.05, 0) is 93.0 Å². The Morgan fingerprint density at radius 2 is 1.79 bits per heavy atom. The first kappa shape index (κ1) is 17.8. The lowest BCUT2D eigenvalue weighted by Crippen LogP contribution is -2.41. The zero-order chi connectivity index (χ0) is 19.5. The van der Waals surface area contributed by atoms with E-state index in [-0.39, 0.29) is 11.4 Å². The van der Waals surface area contributed by atoms with Crippen LogP contribution in [0.4, 0.5) is 5.69 Å². The summed E-state index contributed by atoms with van der Waals surface area (Å²) in [6.45, 7) is 6.09. The monoisotopic (exact) mass is 374 g/mol. The molecule has 0 saturated heterocycles. The van der Waals surface area contributed by atoms with E-state index < -0.39 is 0 Å². The Morgan fingerprint density at radius 3 is 2.54 bits per heavy atom. The lowest BCUT2D eigenvalue weighted by atomic mass is 9.68. The third kappa shape index (κ3) is 2.92. The van der Waals surface area contributed by atoms with Crippen LogP contribution in [-0.4, -0.2) is 11.4 Å². The average Bonchev–Trinajstić information content (AvgIpc) is 3.29. The second kappa shape index (κ2) is 6.37. The van der Waals surface area contributed by atoms with Crippen LogP contribution in [0.5, 0.6) is 0 Å². The first-order valence-electron chi connectivity index (χ1n) is 10.7. The summed E-state index contributed by atoms with van der Waals surface area (Å²) in [4.78, 5) is 12.8. The number of hydrogen-bond donors (Lipinski definition) is 2. The smallest absolute Gasteiger partial charge is 0.251 e. The van der Waals surface area contributed by atoms with E-state index in [0.29, 0.717) is 17.9 Å². The van der Waals surface area contributed by atoms with E-state index in [1.807, 2.05) is 26.8 Å². The lowest BCUT2D eigenvalue weighted by molar-refractivity contribution is 0.0919. The Bertz CT molecular complexity index is 899. The van der Waals surface area contributed by atoms with Gasteiger partial charge in [-0.3, -0.25) is 4.79 Å². The quantitative estimate of drug-likeness (QED) is 0.727. The first-order chi connectivity index (χ1) is 13.4. The minimum atomic E-state index is -0.224. The van der Waals surface area contributed by atoms with Crippen molar-refractivity contribution in [2.24, 2.45) is 17.8 Å². The number of nitrogens with one attached hydrogen (secondary N) is 2. The normalized spacial score (nSPS) is 30.3. The molecule has 28 heavy (non-hydrogen) atoms. The minimum absolute atomic E-state index is 0.0280. The number of fused-ring (bicyclic) bond motifs is 7. The van der Waals surface area contributed by atoms with Crippen molar-refractivity contribution in [2.45, 2.75) is 57.5 Å². The van der Waals surface area contributed by atoms with Crippen LogP contribution in [0.2, 0.25) is 0 Å². The summed E-state index contributed by atoms with van der Waals surface area (Å²) in [6, 6.07) is 17.6. The molecular weight excluding hydrogens is 344 g/mol. The van der Waals surface area contributed by atoms with Crippen molar-refractivity contribution in [3.63, 3.8) is 0 Å². The molecule has 2 fully saturated rings. The maximum Gasteiger partial charge on any atom is 0.251 e. The van der Waals surface area contributed by atoms with E-state index in [0.717, 1.165) is 17.4 Å². The number of anilines is 1. The number of carbonyl (C=O) groups excluding carboxylic acids is 1. The van der Waals surface area contributed by atoms with Crippen LogP contribution < -0.4 is 10.6 Å². The van der Waals surface area contributed by atoms with Crippen molar-refractivity contribution >= 4 is 11.6 Å². The molecule has 2 aromatic carbocycles. The van der Waals surface area contributed by atoms with Crippen molar-refractivity contribution in [3.05, 3.63) is 65.2 Å². The van der Waals surface area contributed by atoms with Gasteiger partial charge in [0.2, 0.25) is 0 Å². The predicted molar refractivity (Wildman–Crippen MR) is 114 cm³/mol. The summed E-state index contributed by atoms with van der Waals surface area (Å²) in [6.07, 6.45) is 4.04. The highest BCUT2D eigenvalue weighted by atomic mass is 16.1. The molecule has 2 aromatic rings. The van der Waals surface area contributed by atoms with Gasteiger partial charge in [0.1, 0.15) is 0 Å². The summed E-state index contributed by atoms with van der Waals surface area (Å²) < 4.78 is 0. The van der Waals surface area contributed by atoms with Crippen LogP contribution in [0.15, 0.2) is 48.5 Å². The Balaban J connectivity index is 1.54. The Kier molecular flexibility index (Phi) is 4.04. The van der Waals surface area contributed by atoms with Gasteiger partial charge in [-0.2, -0.15) is 0 Å². The van der Waals surface area contributed by atoms with Crippen molar-refractivity contribution < 1.29 is 4.79 Å². The zero-order valence-corrected chi connectivity index (χ0v) is 17.0. The second-order valence-corrected chi connectivity index (χ2v) is 9.98. The maximum absolute atomic E-state index is 12.8. The minimum Gasteiger partial charge on any atom is -0.378 e. The molecular formula is C25H30N2O. The molecule has 0 spiro atoms. The van der Waals surface area contributed by atoms with Gasteiger partial charge in [0.25, 0.3) is 5.91 Å². The molecule has 0 aromatic heterocycles. The highest BCUT2D eigenvalue weighted by Crippen LogP contribution is 2.63. The zero-order valence-electron chi connectivity index (χ0n) is 17.0. The fourth-order valence-corrected chi connectivity index (χ4v) is 6.03. The lowest BCUT2D eigenvalue weighted by Gasteiger charge is -2.43. The molecule has 3 heteroatoms. The number of rotatable bonds is 2. The van der Waals surface area contributed by atoms with Crippen LogP contribution >= 0.6 is 0 Å². The van der Waals surface area contributed by atoms with Gasteiger partial charge in [0.05, 0.1) is 6.04 Å². The molecule has 1 amide bonds. The van der Waals surface area contributed by atoms with Crippen molar-refractivity contribution in [2.75, 3.05) is 5.32 Å². The first-order valence-corrected chi connectivity index (χ1v) is 10.7. The van der Waals surface area contributed by atoms with Gasteiger partial charge in [-0.1, -0.05) is 30.3 Å². The Hall–Kier alpha value is -2.29. The summed E-state index contributed by atoms with van der Waals surface area (Å²) >= 11 is 0. The van der Waals surface area contributed by atoms with E-state index in [1.54, 1.807) is 0 Å². The molecule has 5 atom stereocenters. The summed E-state index contributed by atoms with van der Waals surface area (Å²) in [5, 5.41) is 6.96. The fourth-order valence-electron chi connectivity index (χ4n) is 6.03. The number of amides is 1. The number of hydrogen-bond acceptors (Lipinski definition) is 2. The Labute approximate surface area is 167 Å². The molecule has 0 radical (unpaired) electrons. The molecule has 2 saturated carbocycles. The number of carbonyl (C=O) groups is 1. The standard InChI is InChI=1S/C25H30N2O/c1-25(2,3)27-24(28)18-11-12-20-19(14-18)21-16-9-10-17(13-16)22(21)23(26-20)15-7-5-4-6-8-15/h4-8,11-12,14,16-17,21-23,26H,9-10,13H2,1-3H3,(H,27,28)/t16-,17+,21+,22+,23-/m1/s1. The third-order valence-corrected chi connectivity index (χ3v) is 7.00. The second-order valence-electron chi connectivity index (χ2n) is 9.98. The van der Waals surface area contributed by atoms with Crippen LogP contribution in [0.1, 0.15) is 73.5 Å². The van der Waals surface area contributed by atoms with E-state index in [9.17, 15) is 4.79 Å². The van der Waals surface area contributed by atoms with Gasteiger partial charge in [0.15, 0.2) is 0 Å². The van der Waals surface area contributed by atoms with Crippen LogP contribution in [0.25, 0.3) is 0 Å². The van der Waals surface area contributed by atoms with E-state index in [4.69, 9.17) is 0 Å². The summed E-state index contributed by atoms with van der Waals surface area (Å²) in [7, 11) is 0. The van der Waals surface area contributed by atoms with Crippen LogP contribution in [0, 0.1) is 17.8 Å². The molecule has 2 bridgehead atoms. The van der Waals surface area contributed by atoms with E-state index in [2.05, 4.69) is 53.1 Å². The molecule has 0 unspecified atom stereocenters. The molecule has 146 valence electrons. The highest BCUT2D eigenvalue weighted by Gasteiger charge is 2.53. The van der Waals surface area contributed by atoms with Gasteiger partial charge >= 0.3 is 0 Å². The molecule has 2 N–H and O–H groups in total. The maximum atomic E-state index is 12.8. The highest BCUT2D eigenvalue weighted by molar-refractivity contribution is 5.95. The topological polar surface area (TPSA) is 41.1 Å². The molecule has 1 heterocycles. The van der Waals surface area contributed by atoms with Crippen LogP contribution in [-0.2, 0) is 0 Å². The third-order valence-electron chi connectivity index (χ3n) is 7.00. The number of benzene rings is 2. The molecule has 5 rings (SSSR count). The molecule has 1 aliphatic heterocycles. The van der Waals surface area contributed by atoms with Gasteiger partial charge in [0, 0.05) is 16.8 Å². The van der Waals surface area contributed by atoms with E-state index >= 15 is 0 Å². The summed E-state index contributed by atoms with van der Waals surface area (Å²) in [5.74, 6) is 2.80. The summed E-state index contributed by atoms with van der Waals surface area (Å²) in [5.41, 5.74) is 4.54. The predicted octanol–water partition coefficient (Wildman–Crippen LogP) is 5.51. The van der Waals surface area contributed by atoms with Gasteiger partial charge in [-0.25, -0.2) is 0 Å². The van der Waals surface area contributed by atoms with Gasteiger partial charge in [-0.15, -0.1) is 0 Å². The largest absolute Gasteiger partial charge is 0.378 e. The molecule has 2 aliphatic carbocycles. The van der Waals surface area contributed by atoms with Crippen LogP contribution in [0.3, 0.4) is 0 Å². The van der Waals surface area contributed by atoms with Crippen molar-refractivity contribution in [1.82, 2.24) is 5.32 Å².